The Hall–Kier alpha value is -2.48. The molecule has 0 aliphatic rings. The molecule has 0 N–H and O–H groups in total. The molecule has 0 radical (unpaired) electrons. The highest BCUT2D eigenvalue weighted by molar-refractivity contribution is 6.33. The van der Waals surface area contributed by atoms with Crippen LogP contribution in [0.25, 0.3) is 27.5 Å². The van der Waals surface area contributed by atoms with Crippen LogP contribution < -0.4 is 5.46 Å². The van der Waals surface area contributed by atoms with Crippen molar-refractivity contribution >= 4 is 35.1 Å². The quantitative estimate of drug-likeness (QED) is 0.461. The molecule has 0 aliphatic carbocycles. The number of hydrogen-bond donors (Lipinski definition) is 0. The van der Waals surface area contributed by atoms with E-state index in [4.69, 9.17) is 0 Å². The molecule has 20 heavy (non-hydrogen) atoms. The first-order valence-electron chi connectivity index (χ1n) is 6.90. The van der Waals surface area contributed by atoms with E-state index in [2.05, 4.69) is 85.2 Å². The fraction of sp³-hybridized carbons (Fsp3) is 0. The van der Waals surface area contributed by atoms with Crippen LogP contribution in [0.15, 0.2) is 72.8 Å². The number of fused-ring (bicyclic) bond motifs is 3. The standard InChI is InChI=1S/C18H14BN/c19-13-10-11-16-15-8-4-5-9-17(15)20(18(16)12-13)14-6-2-1-3-7-14/h1-12H,19H2. The maximum Gasteiger partial charge on any atom is 0.139 e. The molecule has 1 nitrogen and oxygen atoms in total. The van der Waals surface area contributed by atoms with Gasteiger partial charge >= 0.3 is 0 Å². The highest BCUT2D eigenvalue weighted by Crippen LogP contribution is 2.30. The summed E-state index contributed by atoms with van der Waals surface area (Å²) in [6, 6.07) is 25.8. The first-order chi connectivity index (χ1) is 9.84. The molecule has 0 saturated heterocycles. The zero-order chi connectivity index (χ0) is 13.5. The molecule has 0 unspecified atom stereocenters. The summed E-state index contributed by atoms with van der Waals surface area (Å²) in [6.07, 6.45) is 0. The summed E-state index contributed by atoms with van der Waals surface area (Å²) in [5.41, 5.74) is 5.04. The zero-order valence-electron chi connectivity index (χ0n) is 11.4. The van der Waals surface area contributed by atoms with E-state index in [1.54, 1.807) is 0 Å². The summed E-state index contributed by atoms with van der Waals surface area (Å²) in [5, 5.41) is 2.63. The van der Waals surface area contributed by atoms with Crippen LogP contribution in [0, 0.1) is 0 Å². The van der Waals surface area contributed by atoms with Crippen LogP contribution in [0.1, 0.15) is 0 Å². The molecule has 1 aromatic heterocycles. The third-order valence-corrected chi connectivity index (χ3v) is 3.84. The minimum atomic E-state index is 1.21. The molecule has 4 rings (SSSR count). The lowest BCUT2D eigenvalue weighted by Gasteiger charge is -2.07. The maximum atomic E-state index is 2.34. The second kappa shape index (κ2) is 4.27. The van der Waals surface area contributed by atoms with E-state index >= 15 is 0 Å². The van der Waals surface area contributed by atoms with Gasteiger partial charge in [0.2, 0.25) is 0 Å². The summed E-state index contributed by atoms with van der Waals surface area (Å²) in [7, 11) is 2.15. The molecule has 0 spiro atoms. The van der Waals surface area contributed by atoms with Crippen molar-refractivity contribution in [3.05, 3.63) is 72.8 Å². The lowest BCUT2D eigenvalue weighted by Crippen LogP contribution is -2.01. The van der Waals surface area contributed by atoms with Gasteiger partial charge < -0.3 is 4.57 Å². The van der Waals surface area contributed by atoms with E-state index in [1.807, 2.05) is 0 Å². The minimum Gasteiger partial charge on any atom is -0.309 e. The van der Waals surface area contributed by atoms with Crippen molar-refractivity contribution in [1.82, 2.24) is 4.57 Å². The number of rotatable bonds is 1. The van der Waals surface area contributed by atoms with Crippen molar-refractivity contribution in [1.29, 1.82) is 0 Å². The van der Waals surface area contributed by atoms with Gasteiger partial charge in [-0.2, -0.15) is 0 Å². The Morgan fingerprint density at radius 3 is 2.20 bits per heavy atom. The molecule has 0 fully saturated rings. The number of para-hydroxylation sites is 2. The Balaban J connectivity index is 2.23. The van der Waals surface area contributed by atoms with Crippen molar-refractivity contribution < 1.29 is 0 Å². The molecule has 1 heterocycles. The Morgan fingerprint density at radius 1 is 0.650 bits per heavy atom. The van der Waals surface area contributed by atoms with E-state index in [0.29, 0.717) is 0 Å². The molecule has 0 bridgehead atoms. The Kier molecular flexibility index (Phi) is 2.43. The average Bonchev–Trinajstić information content (AvgIpc) is 2.81. The molecule has 4 aromatic rings. The predicted molar refractivity (Wildman–Crippen MR) is 89.0 cm³/mol. The Labute approximate surface area is 118 Å². The molecular formula is C18H14BN. The summed E-state index contributed by atoms with van der Waals surface area (Å²) >= 11 is 0. The van der Waals surface area contributed by atoms with Gasteiger partial charge in [-0.15, -0.1) is 0 Å². The largest absolute Gasteiger partial charge is 0.309 e. The Bertz CT molecular complexity index is 907. The molecular weight excluding hydrogens is 241 g/mol. The Morgan fingerprint density at radius 2 is 1.35 bits per heavy atom. The van der Waals surface area contributed by atoms with Gasteiger partial charge in [0.1, 0.15) is 7.85 Å². The molecule has 0 saturated carbocycles. The van der Waals surface area contributed by atoms with Crippen LogP contribution >= 0.6 is 0 Å². The van der Waals surface area contributed by atoms with E-state index in [0.717, 1.165) is 0 Å². The van der Waals surface area contributed by atoms with Crippen molar-refractivity contribution in [3.63, 3.8) is 0 Å². The third-order valence-electron chi connectivity index (χ3n) is 3.84. The molecule has 2 heteroatoms. The monoisotopic (exact) mass is 255 g/mol. The molecule has 0 aliphatic heterocycles. The highest BCUT2D eigenvalue weighted by atomic mass is 15.0. The van der Waals surface area contributed by atoms with E-state index in [1.165, 1.54) is 33.0 Å². The van der Waals surface area contributed by atoms with Crippen LogP contribution in [0.2, 0.25) is 0 Å². The number of aromatic nitrogens is 1. The zero-order valence-corrected chi connectivity index (χ0v) is 11.4. The van der Waals surface area contributed by atoms with E-state index < -0.39 is 0 Å². The van der Waals surface area contributed by atoms with Gasteiger partial charge in [-0.3, -0.25) is 0 Å². The number of benzene rings is 3. The average molecular weight is 255 g/mol. The SMILES string of the molecule is Bc1ccc2c3ccccc3n(-c3ccccc3)c2c1. The van der Waals surface area contributed by atoms with Gasteiger partial charge in [-0.05, 0) is 24.3 Å². The van der Waals surface area contributed by atoms with Crippen LogP contribution in [0.5, 0.6) is 0 Å². The van der Waals surface area contributed by atoms with Gasteiger partial charge in [0, 0.05) is 16.5 Å². The molecule has 0 atom stereocenters. The van der Waals surface area contributed by atoms with Crippen LogP contribution in [-0.4, -0.2) is 12.4 Å². The highest BCUT2D eigenvalue weighted by Gasteiger charge is 2.11. The number of hydrogen-bond acceptors (Lipinski definition) is 0. The lowest BCUT2D eigenvalue weighted by atomic mass is 9.95. The van der Waals surface area contributed by atoms with Crippen molar-refractivity contribution in [2.24, 2.45) is 0 Å². The minimum absolute atomic E-state index is 1.21. The summed E-state index contributed by atoms with van der Waals surface area (Å²) in [4.78, 5) is 0. The van der Waals surface area contributed by atoms with Gasteiger partial charge in [0.25, 0.3) is 0 Å². The normalized spacial score (nSPS) is 11.2. The fourth-order valence-electron chi connectivity index (χ4n) is 2.94. The number of nitrogens with zero attached hydrogens (tertiary/aromatic N) is 1. The summed E-state index contributed by atoms with van der Waals surface area (Å²) in [5.74, 6) is 0. The summed E-state index contributed by atoms with van der Waals surface area (Å²) < 4.78 is 2.34. The van der Waals surface area contributed by atoms with Crippen molar-refractivity contribution in [2.75, 3.05) is 0 Å². The fourth-order valence-corrected chi connectivity index (χ4v) is 2.94. The van der Waals surface area contributed by atoms with Gasteiger partial charge in [0.15, 0.2) is 0 Å². The second-order valence-electron chi connectivity index (χ2n) is 5.21. The maximum absolute atomic E-state index is 2.34. The van der Waals surface area contributed by atoms with Gasteiger partial charge in [-0.25, -0.2) is 0 Å². The lowest BCUT2D eigenvalue weighted by molar-refractivity contribution is 1.18. The van der Waals surface area contributed by atoms with E-state index in [-0.39, 0.29) is 0 Å². The van der Waals surface area contributed by atoms with Crippen LogP contribution in [0.4, 0.5) is 0 Å². The first kappa shape index (κ1) is 11.4. The van der Waals surface area contributed by atoms with E-state index in [9.17, 15) is 0 Å². The van der Waals surface area contributed by atoms with Crippen molar-refractivity contribution in [3.8, 4) is 5.69 Å². The predicted octanol–water partition coefficient (Wildman–Crippen LogP) is 3.04. The molecule has 3 aromatic carbocycles. The van der Waals surface area contributed by atoms with Crippen LogP contribution in [-0.2, 0) is 0 Å². The second-order valence-corrected chi connectivity index (χ2v) is 5.21. The molecule has 0 amide bonds. The molecule has 94 valence electrons. The van der Waals surface area contributed by atoms with Gasteiger partial charge in [0.05, 0.1) is 11.0 Å². The topological polar surface area (TPSA) is 4.93 Å². The van der Waals surface area contributed by atoms with Gasteiger partial charge in [-0.1, -0.05) is 54.0 Å². The summed E-state index contributed by atoms with van der Waals surface area (Å²) in [6.45, 7) is 0. The smallest absolute Gasteiger partial charge is 0.139 e. The first-order valence-corrected chi connectivity index (χ1v) is 6.90. The van der Waals surface area contributed by atoms with Crippen LogP contribution in [0.3, 0.4) is 0 Å². The third kappa shape index (κ3) is 1.58. The van der Waals surface area contributed by atoms with Crippen molar-refractivity contribution in [2.45, 2.75) is 0 Å².